The highest BCUT2D eigenvalue weighted by Crippen LogP contribution is 2.16. The number of carbonyl (C=O) groups is 1. The van der Waals surface area contributed by atoms with E-state index in [0.29, 0.717) is 6.54 Å². The van der Waals surface area contributed by atoms with Gasteiger partial charge in [-0.15, -0.1) is 0 Å². The van der Waals surface area contributed by atoms with E-state index >= 15 is 0 Å². The number of nitrogens with one attached hydrogen (secondary N) is 1. The van der Waals surface area contributed by atoms with Crippen LogP contribution in [-0.4, -0.2) is 54.0 Å². The molecule has 0 atom stereocenters. The first-order valence-electron chi connectivity index (χ1n) is 7.87. The van der Waals surface area contributed by atoms with Gasteiger partial charge in [0, 0.05) is 27.9 Å². The fourth-order valence-corrected chi connectivity index (χ4v) is 3.31. The Hall–Kier alpha value is -0.660. The molecule has 0 unspecified atom stereocenters. The molecule has 5 heteroatoms. The van der Waals surface area contributed by atoms with Gasteiger partial charge >= 0.3 is 0 Å². The number of benzene rings is 1. The largest absolute Gasteiger partial charge is 0.325 e. The molecule has 0 saturated carbocycles. The predicted octanol–water partition coefficient (Wildman–Crippen LogP) is 3.04. The Bertz CT molecular complexity index is 513. The van der Waals surface area contributed by atoms with Crippen LogP contribution in [0.1, 0.15) is 27.2 Å². The van der Waals surface area contributed by atoms with E-state index in [4.69, 9.17) is 0 Å². The highest BCUT2D eigenvalue weighted by molar-refractivity contribution is 14.1. The molecule has 4 nitrogen and oxygen atoms in total. The van der Waals surface area contributed by atoms with E-state index in [1.807, 2.05) is 24.3 Å². The molecule has 1 amide bonds. The minimum absolute atomic E-state index is 0.0752. The van der Waals surface area contributed by atoms with Crippen LogP contribution in [0.25, 0.3) is 0 Å². The van der Waals surface area contributed by atoms with E-state index < -0.39 is 0 Å². The van der Waals surface area contributed by atoms with Crippen molar-refractivity contribution in [2.75, 3.05) is 38.0 Å². The minimum atomic E-state index is 0.0752. The van der Waals surface area contributed by atoms with Gasteiger partial charge in [0.2, 0.25) is 5.91 Å². The molecule has 1 fully saturated rings. The van der Waals surface area contributed by atoms with E-state index in [2.05, 4.69) is 58.5 Å². The number of rotatable bonds is 3. The molecule has 1 heterocycles. The van der Waals surface area contributed by atoms with Crippen molar-refractivity contribution in [1.82, 2.24) is 9.80 Å². The Morgan fingerprint density at radius 3 is 2.68 bits per heavy atom. The normalized spacial score (nSPS) is 18.0. The van der Waals surface area contributed by atoms with Crippen LogP contribution >= 0.6 is 22.6 Å². The van der Waals surface area contributed by atoms with Crippen LogP contribution in [0, 0.1) is 3.57 Å². The third-order valence-corrected chi connectivity index (χ3v) is 4.68. The Kier molecular flexibility index (Phi) is 6.23. The molecule has 0 radical (unpaired) electrons. The zero-order chi connectivity index (χ0) is 16.2. The van der Waals surface area contributed by atoms with E-state index in [0.717, 1.165) is 41.9 Å². The molecule has 122 valence electrons. The van der Waals surface area contributed by atoms with E-state index in [-0.39, 0.29) is 11.4 Å². The second kappa shape index (κ2) is 7.75. The van der Waals surface area contributed by atoms with Crippen LogP contribution in [0.2, 0.25) is 0 Å². The Morgan fingerprint density at radius 1 is 1.23 bits per heavy atom. The molecule has 0 aliphatic carbocycles. The topological polar surface area (TPSA) is 35.6 Å². The summed E-state index contributed by atoms with van der Waals surface area (Å²) in [6, 6.07) is 7.91. The van der Waals surface area contributed by atoms with E-state index in [1.165, 1.54) is 0 Å². The number of halogens is 1. The average Bonchev–Trinajstić information content (AvgIpc) is 2.63. The Morgan fingerprint density at radius 2 is 2.00 bits per heavy atom. The first kappa shape index (κ1) is 17.7. The number of hydrogen-bond acceptors (Lipinski definition) is 3. The minimum Gasteiger partial charge on any atom is -0.325 e. The fraction of sp³-hybridized carbons (Fsp3) is 0.588. The number of carbonyl (C=O) groups excluding carboxylic acids is 1. The standard InChI is InChI=1S/C17H26IN3O/c1-17(2,3)21-9-5-8-20(10-11-21)13-16(22)19-15-7-4-6-14(18)12-15/h4,6-7,12H,5,8-11,13H2,1-3H3,(H,19,22). The van der Waals surface area contributed by atoms with Crippen LogP contribution in [0.4, 0.5) is 5.69 Å². The fourth-order valence-electron chi connectivity index (χ4n) is 2.77. The number of nitrogens with zero attached hydrogens (tertiary/aromatic N) is 2. The molecule has 1 aromatic carbocycles. The second-order valence-electron chi connectivity index (χ2n) is 6.85. The lowest BCUT2D eigenvalue weighted by Gasteiger charge is -2.34. The van der Waals surface area contributed by atoms with Gasteiger partial charge in [-0.25, -0.2) is 0 Å². The number of anilines is 1. The molecule has 1 aliphatic rings. The van der Waals surface area contributed by atoms with Crippen molar-refractivity contribution >= 4 is 34.2 Å². The van der Waals surface area contributed by atoms with Gasteiger partial charge in [-0.2, -0.15) is 0 Å². The summed E-state index contributed by atoms with van der Waals surface area (Å²) in [6.07, 6.45) is 1.12. The van der Waals surface area contributed by atoms with Crippen molar-refractivity contribution in [3.05, 3.63) is 27.8 Å². The summed E-state index contributed by atoms with van der Waals surface area (Å²) in [7, 11) is 0. The lowest BCUT2D eigenvalue weighted by atomic mass is 10.1. The molecule has 2 rings (SSSR count). The highest BCUT2D eigenvalue weighted by Gasteiger charge is 2.24. The monoisotopic (exact) mass is 415 g/mol. The SMILES string of the molecule is CC(C)(C)N1CCCN(CC(=O)Nc2cccc(I)c2)CC1. The smallest absolute Gasteiger partial charge is 0.238 e. The van der Waals surface area contributed by atoms with Crippen molar-refractivity contribution in [3.8, 4) is 0 Å². The first-order valence-corrected chi connectivity index (χ1v) is 8.95. The first-order chi connectivity index (χ1) is 10.3. The van der Waals surface area contributed by atoms with Crippen molar-refractivity contribution in [2.24, 2.45) is 0 Å². The summed E-state index contributed by atoms with van der Waals surface area (Å²) in [5.74, 6) is 0.0752. The molecule has 1 aliphatic heterocycles. The van der Waals surface area contributed by atoms with E-state index in [9.17, 15) is 4.79 Å². The summed E-state index contributed by atoms with van der Waals surface area (Å²) in [5.41, 5.74) is 1.09. The Balaban J connectivity index is 1.84. The maximum absolute atomic E-state index is 12.2. The lowest BCUT2D eigenvalue weighted by molar-refractivity contribution is -0.117. The second-order valence-corrected chi connectivity index (χ2v) is 8.09. The number of amides is 1. The average molecular weight is 415 g/mol. The maximum Gasteiger partial charge on any atom is 0.238 e. The molecule has 0 aromatic heterocycles. The summed E-state index contributed by atoms with van der Waals surface area (Å²) < 4.78 is 1.13. The van der Waals surface area contributed by atoms with Gasteiger partial charge in [0.1, 0.15) is 0 Å². The zero-order valence-electron chi connectivity index (χ0n) is 13.7. The van der Waals surface area contributed by atoms with Gasteiger partial charge in [0.25, 0.3) is 0 Å². The summed E-state index contributed by atoms with van der Waals surface area (Å²) in [6.45, 7) is 11.3. The van der Waals surface area contributed by atoms with Crippen LogP contribution in [0.5, 0.6) is 0 Å². The highest BCUT2D eigenvalue weighted by atomic mass is 127. The van der Waals surface area contributed by atoms with Crippen molar-refractivity contribution < 1.29 is 4.79 Å². The summed E-state index contributed by atoms with van der Waals surface area (Å²) in [4.78, 5) is 17.0. The van der Waals surface area contributed by atoms with Crippen LogP contribution < -0.4 is 5.32 Å². The summed E-state index contributed by atoms with van der Waals surface area (Å²) >= 11 is 2.25. The van der Waals surface area contributed by atoms with Gasteiger partial charge in [-0.1, -0.05) is 6.07 Å². The van der Waals surface area contributed by atoms with Crippen molar-refractivity contribution in [1.29, 1.82) is 0 Å². The molecule has 0 spiro atoms. The molecular formula is C17H26IN3O. The van der Waals surface area contributed by atoms with Gasteiger partial charge in [-0.3, -0.25) is 14.6 Å². The van der Waals surface area contributed by atoms with Crippen LogP contribution in [0.3, 0.4) is 0 Å². The molecule has 1 saturated heterocycles. The van der Waals surface area contributed by atoms with Gasteiger partial charge in [0.15, 0.2) is 0 Å². The van der Waals surface area contributed by atoms with Gasteiger partial charge in [-0.05, 0) is 81.1 Å². The maximum atomic E-state index is 12.2. The van der Waals surface area contributed by atoms with Crippen LogP contribution in [0.15, 0.2) is 24.3 Å². The molecule has 1 aromatic rings. The van der Waals surface area contributed by atoms with Gasteiger partial charge in [0.05, 0.1) is 6.54 Å². The molecule has 22 heavy (non-hydrogen) atoms. The number of hydrogen-bond donors (Lipinski definition) is 1. The van der Waals surface area contributed by atoms with Crippen molar-refractivity contribution in [3.63, 3.8) is 0 Å². The van der Waals surface area contributed by atoms with Gasteiger partial charge < -0.3 is 5.32 Å². The predicted molar refractivity (Wildman–Crippen MR) is 100 cm³/mol. The van der Waals surface area contributed by atoms with Crippen molar-refractivity contribution in [2.45, 2.75) is 32.7 Å². The molecule has 0 bridgehead atoms. The Labute approximate surface area is 147 Å². The quantitative estimate of drug-likeness (QED) is 0.772. The third kappa shape index (κ3) is 5.52. The van der Waals surface area contributed by atoms with E-state index in [1.54, 1.807) is 0 Å². The lowest BCUT2D eigenvalue weighted by Crippen LogP contribution is -2.44. The molecule has 1 N–H and O–H groups in total. The third-order valence-electron chi connectivity index (χ3n) is 4.01. The molecular weight excluding hydrogens is 389 g/mol. The zero-order valence-corrected chi connectivity index (χ0v) is 15.9. The van der Waals surface area contributed by atoms with Crippen LogP contribution in [-0.2, 0) is 4.79 Å². The summed E-state index contributed by atoms with van der Waals surface area (Å²) in [5, 5.41) is 2.99.